The van der Waals surface area contributed by atoms with Crippen LogP contribution in [0.1, 0.15) is 24.5 Å². The van der Waals surface area contributed by atoms with E-state index in [1.54, 1.807) is 11.8 Å². The zero-order valence-corrected chi connectivity index (χ0v) is 14.4. The fourth-order valence-electron chi connectivity index (χ4n) is 2.89. The van der Waals surface area contributed by atoms with Crippen LogP contribution < -0.4 is 0 Å². The second-order valence-electron chi connectivity index (χ2n) is 6.31. The predicted octanol–water partition coefficient (Wildman–Crippen LogP) is 1.51. The third-order valence-electron chi connectivity index (χ3n) is 4.49. The molecule has 0 spiro atoms. The summed E-state index contributed by atoms with van der Waals surface area (Å²) in [4.78, 5) is 29.7. The number of likely N-dealkylation sites (N-methyl/N-ethyl adjacent to an activating group) is 1. The summed E-state index contributed by atoms with van der Waals surface area (Å²) < 4.78 is 0. The summed E-state index contributed by atoms with van der Waals surface area (Å²) in [6.45, 7) is 7.88. The summed E-state index contributed by atoms with van der Waals surface area (Å²) in [5.41, 5.74) is 2.39. The van der Waals surface area contributed by atoms with Gasteiger partial charge in [0.1, 0.15) is 0 Å². The van der Waals surface area contributed by atoms with Crippen molar-refractivity contribution in [2.45, 2.75) is 26.8 Å². The molecule has 1 aliphatic heterocycles. The van der Waals surface area contributed by atoms with E-state index in [4.69, 9.17) is 0 Å². The van der Waals surface area contributed by atoms with Gasteiger partial charge in [-0.25, -0.2) is 0 Å². The molecule has 0 atom stereocenters. The van der Waals surface area contributed by atoms with Crippen LogP contribution in [-0.2, 0) is 16.1 Å². The monoisotopic (exact) mass is 317 g/mol. The summed E-state index contributed by atoms with van der Waals surface area (Å²) in [6, 6.07) is 8.15. The van der Waals surface area contributed by atoms with E-state index in [9.17, 15) is 9.59 Å². The maximum absolute atomic E-state index is 12.5. The largest absolute Gasteiger partial charge is 0.342 e. The van der Waals surface area contributed by atoms with Gasteiger partial charge in [-0.3, -0.25) is 14.5 Å². The van der Waals surface area contributed by atoms with Gasteiger partial charge in [-0.2, -0.15) is 0 Å². The first-order valence-corrected chi connectivity index (χ1v) is 8.23. The Hall–Kier alpha value is -1.88. The first kappa shape index (κ1) is 17.5. The minimum atomic E-state index is 0.120. The molecule has 1 aromatic rings. The molecule has 0 saturated carbocycles. The molecule has 0 aliphatic carbocycles. The van der Waals surface area contributed by atoms with E-state index in [1.165, 1.54) is 11.1 Å². The minimum absolute atomic E-state index is 0.120. The van der Waals surface area contributed by atoms with E-state index >= 15 is 0 Å². The summed E-state index contributed by atoms with van der Waals surface area (Å²) in [5, 5.41) is 0. The summed E-state index contributed by atoms with van der Waals surface area (Å²) >= 11 is 0. The van der Waals surface area contributed by atoms with Gasteiger partial charge in [0, 0.05) is 46.7 Å². The molecule has 126 valence electrons. The number of hydrogen-bond donors (Lipinski definition) is 0. The SMILES string of the molecule is CC(=O)N1CCCN(CC(=O)N(C)Cc2ccccc2C)CC1. The quantitative estimate of drug-likeness (QED) is 0.845. The smallest absolute Gasteiger partial charge is 0.236 e. The average molecular weight is 317 g/mol. The van der Waals surface area contributed by atoms with Gasteiger partial charge in [-0.15, -0.1) is 0 Å². The molecule has 0 N–H and O–H groups in total. The number of hydrogen-bond acceptors (Lipinski definition) is 3. The molecule has 0 radical (unpaired) electrons. The standard InChI is InChI=1S/C18H27N3O2/c1-15-7-4-5-8-17(15)13-19(3)18(23)14-20-9-6-10-21(12-11-20)16(2)22/h4-5,7-8H,6,9-14H2,1-3H3. The molecular weight excluding hydrogens is 290 g/mol. The molecule has 5 heteroatoms. The molecule has 0 bridgehead atoms. The number of carbonyl (C=O) groups is 2. The van der Waals surface area contributed by atoms with Gasteiger partial charge in [0.05, 0.1) is 6.54 Å². The van der Waals surface area contributed by atoms with Gasteiger partial charge in [0.2, 0.25) is 11.8 Å². The molecule has 1 saturated heterocycles. The normalized spacial score (nSPS) is 16.0. The molecule has 1 heterocycles. The molecule has 1 fully saturated rings. The highest BCUT2D eigenvalue weighted by molar-refractivity contribution is 5.78. The van der Waals surface area contributed by atoms with Crippen molar-refractivity contribution in [3.8, 4) is 0 Å². The number of benzene rings is 1. The Bertz CT molecular complexity index is 559. The molecule has 0 aromatic heterocycles. The molecule has 23 heavy (non-hydrogen) atoms. The number of nitrogens with zero attached hydrogens (tertiary/aromatic N) is 3. The van der Waals surface area contributed by atoms with Crippen molar-refractivity contribution < 1.29 is 9.59 Å². The van der Waals surface area contributed by atoms with Crippen molar-refractivity contribution in [2.75, 3.05) is 39.8 Å². The summed E-state index contributed by atoms with van der Waals surface area (Å²) in [5.74, 6) is 0.249. The number of carbonyl (C=O) groups excluding carboxylic acids is 2. The summed E-state index contributed by atoms with van der Waals surface area (Å²) in [6.07, 6.45) is 0.925. The highest BCUT2D eigenvalue weighted by Gasteiger charge is 2.20. The van der Waals surface area contributed by atoms with Crippen molar-refractivity contribution in [1.29, 1.82) is 0 Å². The van der Waals surface area contributed by atoms with Crippen LogP contribution in [0, 0.1) is 6.92 Å². The van der Waals surface area contributed by atoms with Crippen LogP contribution in [0.25, 0.3) is 0 Å². The highest BCUT2D eigenvalue weighted by Crippen LogP contribution is 2.10. The molecule has 1 aliphatic rings. The number of aryl methyl sites for hydroxylation is 1. The van der Waals surface area contributed by atoms with Crippen LogP contribution in [0.4, 0.5) is 0 Å². The first-order chi connectivity index (χ1) is 11.0. The van der Waals surface area contributed by atoms with Crippen LogP contribution in [0.15, 0.2) is 24.3 Å². The lowest BCUT2D eigenvalue weighted by molar-refractivity contribution is -0.131. The Morgan fingerprint density at radius 3 is 2.57 bits per heavy atom. The van der Waals surface area contributed by atoms with E-state index < -0.39 is 0 Å². The van der Waals surface area contributed by atoms with Gasteiger partial charge in [0.25, 0.3) is 0 Å². The van der Waals surface area contributed by atoms with Gasteiger partial charge in [0.15, 0.2) is 0 Å². The Morgan fingerprint density at radius 2 is 1.87 bits per heavy atom. The van der Waals surface area contributed by atoms with Gasteiger partial charge in [-0.1, -0.05) is 24.3 Å². The van der Waals surface area contributed by atoms with Crippen LogP contribution in [-0.4, -0.2) is 66.3 Å². The van der Waals surface area contributed by atoms with E-state index in [2.05, 4.69) is 24.0 Å². The van der Waals surface area contributed by atoms with Crippen molar-refractivity contribution in [2.24, 2.45) is 0 Å². The van der Waals surface area contributed by atoms with Crippen molar-refractivity contribution in [1.82, 2.24) is 14.7 Å². The van der Waals surface area contributed by atoms with Crippen LogP contribution in [0.2, 0.25) is 0 Å². The zero-order valence-electron chi connectivity index (χ0n) is 14.4. The molecule has 1 aromatic carbocycles. The Morgan fingerprint density at radius 1 is 1.13 bits per heavy atom. The maximum Gasteiger partial charge on any atom is 0.236 e. The fraction of sp³-hybridized carbons (Fsp3) is 0.556. The lowest BCUT2D eigenvalue weighted by atomic mass is 10.1. The maximum atomic E-state index is 12.5. The van der Waals surface area contributed by atoms with E-state index in [0.29, 0.717) is 19.6 Å². The molecule has 2 rings (SSSR count). The highest BCUT2D eigenvalue weighted by atomic mass is 16.2. The van der Waals surface area contributed by atoms with E-state index in [0.717, 1.165) is 26.1 Å². The second-order valence-corrected chi connectivity index (χ2v) is 6.31. The van der Waals surface area contributed by atoms with Crippen molar-refractivity contribution in [3.05, 3.63) is 35.4 Å². The predicted molar refractivity (Wildman–Crippen MR) is 91.0 cm³/mol. The van der Waals surface area contributed by atoms with Gasteiger partial charge < -0.3 is 9.80 Å². The Kier molecular flexibility index (Phi) is 6.16. The molecular formula is C18H27N3O2. The lowest BCUT2D eigenvalue weighted by Crippen LogP contribution is -2.40. The first-order valence-electron chi connectivity index (χ1n) is 8.23. The van der Waals surface area contributed by atoms with Crippen molar-refractivity contribution >= 4 is 11.8 Å². The van der Waals surface area contributed by atoms with Crippen LogP contribution in [0.3, 0.4) is 0 Å². The topological polar surface area (TPSA) is 43.9 Å². The third-order valence-corrected chi connectivity index (χ3v) is 4.49. The van der Waals surface area contributed by atoms with Crippen LogP contribution >= 0.6 is 0 Å². The molecule has 0 unspecified atom stereocenters. The second kappa shape index (κ2) is 8.11. The van der Waals surface area contributed by atoms with Gasteiger partial charge >= 0.3 is 0 Å². The molecule has 5 nitrogen and oxygen atoms in total. The number of amides is 2. The third kappa shape index (κ3) is 5.06. The fourth-order valence-corrected chi connectivity index (χ4v) is 2.89. The lowest BCUT2D eigenvalue weighted by Gasteiger charge is -2.24. The Balaban J connectivity index is 1.86. The minimum Gasteiger partial charge on any atom is -0.342 e. The number of rotatable bonds is 4. The van der Waals surface area contributed by atoms with E-state index in [1.807, 2.05) is 24.1 Å². The zero-order chi connectivity index (χ0) is 16.8. The van der Waals surface area contributed by atoms with E-state index in [-0.39, 0.29) is 11.8 Å². The van der Waals surface area contributed by atoms with Gasteiger partial charge in [-0.05, 0) is 24.5 Å². The molecule has 2 amide bonds. The van der Waals surface area contributed by atoms with Crippen LogP contribution in [0.5, 0.6) is 0 Å². The average Bonchev–Trinajstić information content (AvgIpc) is 2.75. The summed E-state index contributed by atoms with van der Waals surface area (Å²) in [7, 11) is 1.86. The van der Waals surface area contributed by atoms with Crippen molar-refractivity contribution in [3.63, 3.8) is 0 Å². The Labute approximate surface area is 138 Å².